The van der Waals surface area contributed by atoms with Crippen molar-refractivity contribution in [2.75, 3.05) is 18.0 Å². The summed E-state index contributed by atoms with van der Waals surface area (Å²) < 4.78 is 39.9. The minimum absolute atomic E-state index is 0.0921. The monoisotopic (exact) mass is 348 g/mol. The maximum absolute atomic E-state index is 13.0. The summed E-state index contributed by atoms with van der Waals surface area (Å²) in [5.41, 5.74) is 0.620. The van der Waals surface area contributed by atoms with Gasteiger partial charge < -0.3 is 4.90 Å². The van der Waals surface area contributed by atoms with Crippen molar-refractivity contribution >= 4 is 21.6 Å². The fourth-order valence-corrected chi connectivity index (χ4v) is 3.84. The molecule has 0 saturated carbocycles. The van der Waals surface area contributed by atoms with Crippen molar-refractivity contribution in [3.05, 3.63) is 60.4 Å². The molecule has 0 aromatic heterocycles. The summed E-state index contributed by atoms with van der Waals surface area (Å²) >= 11 is 0. The van der Waals surface area contributed by atoms with Gasteiger partial charge in [-0.15, -0.1) is 0 Å². The molecule has 1 aliphatic rings. The maximum atomic E-state index is 13.0. The summed E-state index contributed by atoms with van der Waals surface area (Å²) in [6.07, 6.45) is 0.259. The van der Waals surface area contributed by atoms with E-state index in [0.29, 0.717) is 12.2 Å². The van der Waals surface area contributed by atoms with E-state index in [2.05, 4.69) is 4.72 Å². The normalized spacial score (nSPS) is 18.1. The van der Waals surface area contributed by atoms with Crippen molar-refractivity contribution in [3.8, 4) is 0 Å². The van der Waals surface area contributed by atoms with Gasteiger partial charge in [-0.3, -0.25) is 4.79 Å². The lowest BCUT2D eigenvalue weighted by molar-refractivity contribution is -0.117. The number of halogens is 1. The van der Waals surface area contributed by atoms with Crippen molar-refractivity contribution in [1.82, 2.24) is 4.72 Å². The molecule has 1 aliphatic heterocycles. The van der Waals surface area contributed by atoms with E-state index >= 15 is 0 Å². The lowest BCUT2D eigenvalue weighted by Crippen LogP contribution is -2.31. The minimum Gasteiger partial charge on any atom is -0.312 e. The summed E-state index contributed by atoms with van der Waals surface area (Å²) in [6.45, 7) is 0.586. The Morgan fingerprint density at radius 2 is 1.75 bits per heavy atom. The van der Waals surface area contributed by atoms with Gasteiger partial charge in [0.15, 0.2) is 0 Å². The lowest BCUT2D eigenvalue weighted by atomic mass is 10.1. The molecule has 5 nitrogen and oxygen atoms in total. The van der Waals surface area contributed by atoms with Gasteiger partial charge in [-0.1, -0.05) is 18.2 Å². The number of hydrogen-bond acceptors (Lipinski definition) is 3. The highest BCUT2D eigenvalue weighted by Crippen LogP contribution is 2.25. The number of rotatable bonds is 5. The minimum atomic E-state index is -3.58. The van der Waals surface area contributed by atoms with Crippen LogP contribution in [0.2, 0.25) is 0 Å². The molecule has 0 spiro atoms. The molecule has 0 bridgehead atoms. The molecule has 0 radical (unpaired) electrons. The van der Waals surface area contributed by atoms with Crippen LogP contribution in [0.4, 0.5) is 10.1 Å². The van der Waals surface area contributed by atoms with Crippen LogP contribution in [-0.4, -0.2) is 27.4 Å². The second kappa shape index (κ2) is 6.70. The molecule has 7 heteroatoms. The predicted octanol–water partition coefficient (Wildman–Crippen LogP) is 2.16. The first kappa shape index (κ1) is 16.6. The highest BCUT2D eigenvalue weighted by molar-refractivity contribution is 7.89. The zero-order valence-corrected chi connectivity index (χ0v) is 13.7. The Balaban J connectivity index is 1.63. The molecule has 1 fully saturated rings. The molecule has 1 saturated heterocycles. The SMILES string of the molecule is O=C1C[C@@H](CNS(=O)(=O)c2ccccc2)CN1c1ccc(F)cc1. The second-order valence-corrected chi connectivity index (χ2v) is 7.48. The standard InChI is InChI=1S/C17H17FN2O3S/c18-14-6-8-15(9-7-14)20-12-13(10-17(20)21)11-19-24(22,23)16-4-2-1-3-5-16/h1-9,13,19H,10-12H2/t13-/m0/s1. The van der Waals surface area contributed by atoms with Gasteiger partial charge in [0.05, 0.1) is 4.90 Å². The van der Waals surface area contributed by atoms with Crippen LogP contribution in [0.15, 0.2) is 59.5 Å². The fourth-order valence-electron chi connectivity index (χ4n) is 2.70. The molecular weight excluding hydrogens is 331 g/mol. The quantitative estimate of drug-likeness (QED) is 0.900. The smallest absolute Gasteiger partial charge is 0.240 e. The molecule has 2 aromatic carbocycles. The van der Waals surface area contributed by atoms with Crippen molar-refractivity contribution in [1.29, 1.82) is 0 Å². The van der Waals surface area contributed by atoms with Crippen LogP contribution in [0.5, 0.6) is 0 Å². The van der Waals surface area contributed by atoms with Crippen molar-refractivity contribution in [2.24, 2.45) is 5.92 Å². The van der Waals surface area contributed by atoms with E-state index in [1.807, 2.05) is 0 Å². The highest BCUT2D eigenvalue weighted by Gasteiger charge is 2.31. The average molecular weight is 348 g/mol. The Hall–Kier alpha value is -2.25. The van der Waals surface area contributed by atoms with Crippen molar-refractivity contribution < 1.29 is 17.6 Å². The first-order valence-electron chi connectivity index (χ1n) is 7.56. The summed E-state index contributed by atoms with van der Waals surface area (Å²) in [4.78, 5) is 13.9. The molecule has 2 aromatic rings. The van der Waals surface area contributed by atoms with E-state index < -0.39 is 10.0 Å². The number of anilines is 1. The van der Waals surface area contributed by atoms with Gasteiger partial charge in [0.25, 0.3) is 0 Å². The van der Waals surface area contributed by atoms with Crippen LogP contribution in [0.3, 0.4) is 0 Å². The number of carbonyl (C=O) groups excluding carboxylic acids is 1. The number of carbonyl (C=O) groups is 1. The van der Waals surface area contributed by atoms with Gasteiger partial charge >= 0.3 is 0 Å². The van der Waals surface area contributed by atoms with Gasteiger partial charge in [0, 0.05) is 25.2 Å². The topological polar surface area (TPSA) is 66.5 Å². The average Bonchev–Trinajstić information content (AvgIpc) is 2.96. The van der Waals surface area contributed by atoms with E-state index in [0.717, 1.165) is 0 Å². The van der Waals surface area contributed by atoms with Crippen LogP contribution in [0.25, 0.3) is 0 Å². The third kappa shape index (κ3) is 3.63. The van der Waals surface area contributed by atoms with E-state index in [4.69, 9.17) is 0 Å². The molecule has 24 heavy (non-hydrogen) atoms. The number of hydrogen-bond donors (Lipinski definition) is 1. The van der Waals surface area contributed by atoms with Gasteiger partial charge in [-0.05, 0) is 42.3 Å². The Morgan fingerprint density at radius 3 is 2.42 bits per heavy atom. The molecule has 1 atom stereocenters. The number of sulfonamides is 1. The Labute approximate surface area is 140 Å². The molecule has 0 unspecified atom stereocenters. The molecular formula is C17H17FN2O3S. The lowest BCUT2D eigenvalue weighted by Gasteiger charge is -2.17. The fraction of sp³-hybridized carbons (Fsp3) is 0.235. The van der Waals surface area contributed by atoms with E-state index in [1.54, 1.807) is 35.2 Å². The van der Waals surface area contributed by atoms with E-state index in [9.17, 15) is 17.6 Å². The van der Waals surface area contributed by atoms with Gasteiger partial charge in [0.2, 0.25) is 15.9 Å². The number of benzene rings is 2. The third-order valence-corrected chi connectivity index (χ3v) is 5.40. The summed E-state index contributed by atoms with van der Waals surface area (Å²) in [7, 11) is -3.58. The Bertz CT molecular complexity index is 823. The van der Waals surface area contributed by atoms with E-state index in [-0.39, 0.29) is 35.5 Å². The van der Waals surface area contributed by atoms with Crippen LogP contribution in [0, 0.1) is 11.7 Å². The molecule has 0 aliphatic carbocycles. The summed E-state index contributed by atoms with van der Waals surface area (Å²) in [6, 6.07) is 13.8. The highest BCUT2D eigenvalue weighted by atomic mass is 32.2. The maximum Gasteiger partial charge on any atom is 0.240 e. The van der Waals surface area contributed by atoms with Gasteiger partial charge in [-0.25, -0.2) is 17.5 Å². The van der Waals surface area contributed by atoms with E-state index in [1.165, 1.54) is 24.3 Å². The Kier molecular flexibility index (Phi) is 4.64. The first-order valence-corrected chi connectivity index (χ1v) is 9.05. The largest absolute Gasteiger partial charge is 0.312 e. The number of nitrogens with zero attached hydrogens (tertiary/aromatic N) is 1. The second-order valence-electron chi connectivity index (χ2n) is 5.72. The summed E-state index contributed by atoms with van der Waals surface area (Å²) in [5.74, 6) is -0.580. The van der Waals surface area contributed by atoms with Crippen molar-refractivity contribution in [2.45, 2.75) is 11.3 Å². The van der Waals surface area contributed by atoms with Gasteiger partial charge in [-0.2, -0.15) is 0 Å². The zero-order chi connectivity index (χ0) is 17.2. The molecule has 1 amide bonds. The predicted molar refractivity (Wildman–Crippen MR) is 88.5 cm³/mol. The molecule has 126 valence electrons. The first-order chi connectivity index (χ1) is 11.5. The van der Waals surface area contributed by atoms with Crippen LogP contribution < -0.4 is 9.62 Å². The third-order valence-electron chi connectivity index (χ3n) is 3.96. The molecule has 3 rings (SSSR count). The van der Waals surface area contributed by atoms with Crippen LogP contribution in [-0.2, 0) is 14.8 Å². The molecule has 1 heterocycles. The Morgan fingerprint density at radius 1 is 1.08 bits per heavy atom. The molecule has 1 N–H and O–H groups in total. The number of amides is 1. The zero-order valence-electron chi connectivity index (χ0n) is 12.9. The van der Waals surface area contributed by atoms with Crippen molar-refractivity contribution in [3.63, 3.8) is 0 Å². The van der Waals surface area contributed by atoms with Crippen LogP contribution in [0.1, 0.15) is 6.42 Å². The number of nitrogens with one attached hydrogen (secondary N) is 1. The van der Waals surface area contributed by atoms with Gasteiger partial charge in [0.1, 0.15) is 5.82 Å². The summed E-state index contributed by atoms with van der Waals surface area (Å²) in [5, 5.41) is 0. The van der Waals surface area contributed by atoms with Crippen LogP contribution >= 0.6 is 0 Å².